The SMILES string of the molecule is COC(=O)N1CCc2c(-c3ccc(C(=O)O)cc3F)nn(C(=O)c3c(Cl)cccc3C3(C(F)(F)F)CC3)c2C1. The Kier molecular flexibility index (Phi) is 6.41. The molecule has 5 rings (SSSR count). The van der Waals surface area contributed by atoms with Gasteiger partial charge in [-0.25, -0.2) is 14.0 Å². The number of fused-ring (bicyclic) bond motifs is 1. The summed E-state index contributed by atoms with van der Waals surface area (Å²) in [6, 6.07) is 7.02. The van der Waals surface area contributed by atoms with Gasteiger partial charge in [0, 0.05) is 17.7 Å². The molecule has 1 amide bonds. The lowest BCUT2D eigenvalue weighted by Gasteiger charge is -2.27. The van der Waals surface area contributed by atoms with E-state index >= 15 is 4.39 Å². The fourth-order valence-electron chi connectivity index (χ4n) is 5.00. The summed E-state index contributed by atoms with van der Waals surface area (Å²) in [5, 5.41) is 13.3. The van der Waals surface area contributed by atoms with Gasteiger partial charge in [-0.2, -0.15) is 23.0 Å². The zero-order valence-corrected chi connectivity index (χ0v) is 21.1. The number of hydrogen-bond acceptors (Lipinski definition) is 5. The standard InChI is InChI=1S/C26H20ClF4N3O5/c1-39-24(38)33-10-7-15-19(12-33)34(32-21(15)14-6-5-13(23(36)37)11-18(14)28)22(35)20-16(3-2-4-17(20)27)25(8-9-25)26(29,30)31/h2-6,11H,7-10,12H2,1H3,(H,36,37). The molecule has 1 N–H and O–H groups in total. The van der Waals surface area contributed by atoms with E-state index in [9.17, 15) is 32.7 Å². The zero-order valence-electron chi connectivity index (χ0n) is 20.3. The second kappa shape index (κ2) is 9.37. The number of alkyl halides is 3. The van der Waals surface area contributed by atoms with Crippen molar-refractivity contribution in [3.05, 3.63) is 75.2 Å². The lowest BCUT2D eigenvalue weighted by molar-refractivity contribution is -0.160. The minimum Gasteiger partial charge on any atom is -0.478 e. The molecule has 2 heterocycles. The Morgan fingerprint density at radius 3 is 2.46 bits per heavy atom. The third-order valence-electron chi connectivity index (χ3n) is 7.19. The summed E-state index contributed by atoms with van der Waals surface area (Å²) in [5.41, 5.74) is -2.77. The van der Waals surface area contributed by atoms with Crippen LogP contribution in [0.5, 0.6) is 0 Å². The normalized spacial score (nSPS) is 16.0. The van der Waals surface area contributed by atoms with Crippen molar-refractivity contribution in [1.29, 1.82) is 0 Å². The van der Waals surface area contributed by atoms with Crippen molar-refractivity contribution in [1.82, 2.24) is 14.7 Å². The van der Waals surface area contributed by atoms with Crippen LogP contribution in [0.25, 0.3) is 11.3 Å². The maximum absolute atomic E-state index is 15.1. The first-order chi connectivity index (χ1) is 18.4. The molecule has 0 saturated heterocycles. The molecule has 1 saturated carbocycles. The number of nitrogens with zero attached hydrogens (tertiary/aromatic N) is 3. The Bertz CT molecular complexity index is 1530. The van der Waals surface area contributed by atoms with E-state index < -0.39 is 35.4 Å². The van der Waals surface area contributed by atoms with Crippen LogP contribution in [0.3, 0.4) is 0 Å². The topological polar surface area (TPSA) is 102 Å². The van der Waals surface area contributed by atoms with Crippen molar-refractivity contribution in [2.45, 2.75) is 37.4 Å². The highest BCUT2D eigenvalue weighted by Crippen LogP contribution is 2.60. The molecule has 2 aromatic carbocycles. The van der Waals surface area contributed by atoms with Gasteiger partial charge in [0.25, 0.3) is 5.91 Å². The van der Waals surface area contributed by atoms with Gasteiger partial charge in [-0.1, -0.05) is 23.7 Å². The number of carbonyl (C=O) groups is 3. The Morgan fingerprint density at radius 2 is 1.87 bits per heavy atom. The van der Waals surface area contributed by atoms with Crippen LogP contribution in [-0.4, -0.2) is 57.6 Å². The van der Waals surface area contributed by atoms with E-state index in [1.807, 2.05) is 0 Å². The van der Waals surface area contributed by atoms with Crippen molar-refractivity contribution < 1.29 is 41.8 Å². The zero-order chi connectivity index (χ0) is 28.3. The number of aromatic nitrogens is 2. The number of carboxylic acid groups (broad SMARTS) is 1. The average molecular weight is 566 g/mol. The summed E-state index contributed by atoms with van der Waals surface area (Å²) in [5.74, 6) is -3.23. The van der Waals surface area contributed by atoms with Crippen molar-refractivity contribution in [2.24, 2.45) is 0 Å². The van der Waals surface area contributed by atoms with Crippen LogP contribution in [0, 0.1) is 5.82 Å². The van der Waals surface area contributed by atoms with Gasteiger partial charge in [0.1, 0.15) is 5.82 Å². The minimum absolute atomic E-state index is 0.00265. The Balaban J connectivity index is 1.69. The summed E-state index contributed by atoms with van der Waals surface area (Å²) in [6.45, 7) is -0.0598. The number of benzene rings is 2. The first-order valence-electron chi connectivity index (χ1n) is 11.8. The van der Waals surface area contributed by atoms with E-state index in [1.165, 1.54) is 42.3 Å². The van der Waals surface area contributed by atoms with Crippen LogP contribution in [0.15, 0.2) is 36.4 Å². The number of aromatic carboxylic acids is 1. The number of carbonyl (C=O) groups excluding carboxylic acids is 2. The molecule has 0 atom stereocenters. The maximum Gasteiger partial charge on any atom is 0.409 e. The first kappa shape index (κ1) is 26.7. The first-order valence-corrected chi connectivity index (χ1v) is 12.1. The van der Waals surface area contributed by atoms with Crippen molar-refractivity contribution >= 4 is 29.6 Å². The van der Waals surface area contributed by atoms with Crippen LogP contribution in [0.2, 0.25) is 5.02 Å². The maximum atomic E-state index is 15.1. The van der Waals surface area contributed by atoms with E-state index in [0.29, 0.717) is 5.56 Å². The minimum atomic E-state index is -4.63. The van der Waals surface area contributed by atoms with E-state index in [1.54, 1.807) is 0 Å². The van der Waals surface area contributed by atoms with E-state index in [0.717, 1.165) is 10.7 Å². The molecule has 0 unspecified atom stereocenters. The van der Waals surface area contributed by atoms with Crippen LogP contribution in [0.4, 0.5) is 22.4 Å². The average Bonchev–Trinajstić information content (AvgIpc) is 3.64. The van der Waals surface area contributed by atoms with Gasteiger partial charge >= 0.3 is 18.2 Å². The molecular weight excluding hydrogens is 546 g/mol. The molecule has 39 heavy (non-hydrogen) atoms. The van der Waals surface area contributed by atoms with E-state index in [2.05, 4.69) is 5.10 Å². The van der Waals surface area contributed by atoms with Crippen LogP contribution in [0.1, 0.15) is 50.4 Å². The summed E-state index contributed by atoms with van der Waals surface area (Å²) in [7, 11) is 1.17. The lowest BCUT2D eigenvalue weighted by Crippen LogP contribution is -2.37. The monoisotopic (exact) mass is 565 g/mol. The Hall–Kier alpha value is -3.93. The molecular formula is C26H20ClF4N3O5. The van der Waals surface area contributed by atoms with Gasteiger partial charge in [0.2, 0.25) is 0 Å². The molecule has 13 heteroatoms. The second-order valence-electron chi connectivity index (χ2n) is 9.37. The Morgan fingerprint density at radius 1 is 1.15 bits per heavy atom. The number of methoxy groups -OCH3 is 1. The molecule has 1 fully saturated rings. The number of ether oxygens (including phenoxy) is 1. The number of carboxylic acids is 1. The highest BCUT2D eigenvalue weighted by Gasteiger charge is 2.65. The molecule has 204 valence electrons. The lowest BCUT2D eigenvalue weighted by atomic mass is 9.90. The molecule has 1 aliphatic heterocycles. The van der Waals surface area contributed by atoms with Crippen molar-refractivity contribution in [3.8, 4) is 11.3 Å². The third kappa shape index (κ3) is 4.32. The van der Waals surface area contributed by atoms with Crippen LogP contribution < -0.4 is 0 Å². The molecule has 3 aromatic rings. The van der Waals surface area contributed by atoms with E-state index in [-0.39, 0.29) is 71.0 Å². The van der Waals surface area contributed by atoms with Crippen LogP contribution >= 0.6 is 11.6 Å². The van der Waals surface area contributed by atoms with Gasteiger partial charge in [0.05, 0.1) is 46.6 Å². The van der Waals surface area contributed by atoms with Gasteiger partial charge in [-0.05, 0) is 49.1 Å². The number of amides is 1. The summed E-state index contributed by atoms with van der Waals surface area (Å²) in [6.07, 6.45) is -5.63. The molecule has 1 aliphatic carbocycles. The second-order valence-corrected chi connectivity index (χ2v) is 9.78. The quantitative estimate of drug-likeness (QED) is 0.422. The summed E-state index contributed by atoms with van der Waals surface area (Å²) >= 11 is 6.31. The fraction of sp³-hybridized carbons (Fsp3) is 0.308. The van der Waals surface area contributed by atoms with Gasteiger partial charge < -0.3 is 14.7 Å². The molecule has 0 bridgehead atoms. The number of rotatable bonds is 4. The molecule has 0 spiro atoms. The van der Waals surface area contributed by atoms with Crippen LogP contribution in [-0.2, 0) is 23.1 Å². The number of hydrogen-bond donors (Lipinski definition) is 1. The summed E-state index contributed by atoms with van der Waals surface area (Å²) < 4.78 is 62.8. The molecule has 0 radical (unpaired) electrons. The molecule has 8 nitrogen and oxygen atoms in total. The third-order valence-corrected chi connectivity index (χ3v) is 7.51. The highest BCUT2D eigenvalue weighted by molar-refractivity contribution is 6.34. The smallest absolute Gasteiger partial charge is 0.409 e. The van der Waals surface area contributed by atoms with Gasteiger partial charge in [-0.15, -0.1) is 0 Å². The molecule has 2 aliphatic rings. The van der Waals surface area contributed by atoms with E-state index in [4.69, 9.17) is 16.3 Å². The largest absolute Gasteiger partial charge is 0.478 e. The predicted octanol–water partition coefficient (Wildman–Crippen LogP) is 5.45. The summed E-state index contributed by atoms with van der Waals surface area (Å²) in [4.78, 5) is 38.7. The van der Waals surface area contributed by atoms with Gasteiger partial charge in [-0.3, -0.25) is 4.79 Å². The Labute approximate surface area is 223 Å². The predicted molar refractivity (Wildman–Crippen MR) is 129 cm³/mol. The van der Waals surface area contributed by atoms with Crippen molar-refractivity contribution in [2.75, 3.05) is 13.7 Å². The van der Waals surface area contributed by atoms with Gasteiger partial charge in [0.15, 0.2) is 0 Å². The highest BCUT2D eigenvalue weighted by atomic mass is 35.5. The van der Waals surface area contributed by atoms with Crippen molar-refractivity contribution in [3.63, 3.8) is 0 Å². The number of halogens is 5. The fourth-order valence-corrected chi connectivity index (χ4v) is 5.26. The molecule has 1 aromatic heterocycles.